The van der Waals surface area contributed by atoms with Crippen molar-refractivity contribution in [2.24, 2.45) is 0 Å². The molecule has 7 heteroatoms. The van der Waals surface area contributed by atoms with Gasteiger partial charge in [-0.25, -0.2) is 0 Å². The number of rotatable bonds is 10. The first-order chi connectivity index (χ1) is 8.99. The second kappa shape index (κ2) is 10.9. The van der Waals surface area contributed by atoms with E-state index in [1.807, 2.05) is 0 Å². The maximum Gasteiger partial charge on any atom is 0.386 e. The summed E-state index contributed by atoms with van der Waals surface area (Å²) in [4.78, 5) is 44.8. The molecule has 0 radical (unpaired) electrons. The van der Waals surface area contributed by atoms with Gasteiger partial charge in [-0.2, -0.15) is 0 Å². The van der Waals surface area contributed by atoms with Gasteiger partial charge in [0.05, 0.1) is 13.2 Å². The van der Waals surface area contributed by atoms with Crippen LogP contribution in [0.15, 0.2) is 0 Å². The molecule has 0 N–H and O–H groups in total. The molecular weight excluding hydrogens is 264 g/mol. The third kappa shape index (κ3) is 10.6. The molecule has 0 fully saturated rings. The summed E-state index contributed by atoms with van der Waals surface area (Å²) >= 11 is -0.912. The van der Waals surface area contributed by atoms with Crippen molar-refractivity contribution in [3.05, 3.63) is 0 Å². The van der Waals surface area contributed by atoms with Crippen LogP contribution in [0.5, 0.6) is 0 Å². The Morgan fingerprint density at radius 1 is 0.789 bits per heavy atom. The number of esters is 2. The number of carbonyl (C=O) groups is 4. The number of Topliss-reactive ketones (excluding diaryl/α,β-unsaturated/α-hetero) is 2. The van der Waals surface area contributed by atoms with Gasteiger partial charge in [0.25, 0.3) is 0 Å². The van der Waals surface area contributed by atoms with Crippen LogP contribution in [-0.2, 0) is 28.7 Å². The van der Waals surface area contributed by atoms with E-state index >= 15 is 0 Å². The molecule has 0 aliphatic rings. The molecule has 6 nitrogen and oxygen atoms in total. The summed E-state index contributed by atoms with van der Waals surface area (Å²) < 4.78 is 9.84. The molecule has 0 aliphatic heterocycles. The van der Waals surface area contributed by atoms with Gasteiger partial charge in [-0.05, 0) is 13.8 Å². The molecule has 0 unspecified atom stereocenters. The van der Waals surface area contributed by atoms with Gasteiger partial charge in [0, 0.05) is 0 Å². The van der Waals surface area contributed by atoms with Crippen molar-refractivity contribution in [1.29, 1.82) is 0 Å². The first-order valence-electron chi connectivity index (χ1n) is 6.34. The van der Waals surface area contributed by atoms with E-state index in [1.54, 1.807) is 13.8 Å². The average Bonchev–Trinajstić information content (AvgIpc) is 2.28. The molecule has 0 saturated carbocycles. The van der Waals surface area contributed by atoms with Gasteiger partial charge in [0.1, 0.15) is 24.4 Å². The fourth-order valence-electron chi connectivity index (χ4n) is 1.41. The molecule has 0 aromatic rings. The van der Waals surface area contributed by atoms with Gasteiger partial charge < -0.3 is 19.1 Å². The number of ketones is 2. The fraction of sp³-hybridized carbons (Fsp3) is 0.667. The summed E-state index contributed by atoms with van der Waals surface area (Å²) in [6.07, 6.45) is -0.459. The molecule has 104 valence electrons. The summed E-state index contributed by atoms with van der Waals surface area (Å²) in [6, 6.07) is 0. The Balaban J connectivity index is 3.72. The zero-order chi connectivity index (χ0) is 14.7. The lowest BCUT2D eigenvalue weighted by atomic mass is 10.3. The van der Waals surface area contributed by atoms with E-state index in [0.29, 0.717) is 0 Å². The standard InChI is InChI=1S/2C6H9O3.Mg/c2*1-3-9-6(8)4-5(2)7;/h2*2-4H2,1H3;. The molecule has 0 aromatic heterocycles. The predicted octanol–water partition coefficient (Wildman–Crippen LogP) is 0.572. The van der Waals surface area contributed by atoms with Gasteiger partial charge in [0.15, 0.2) is 0 Å². The molecule has 0 spiro atoms. The van der Waals surface area contributed by atoms with Crippen LogP contribution in [0, 0.1) is 0 Å². The molecule has 0 rings (SSSR count). The van der Waals surface area contributed by atoms with E-state index in [2.05, 4.69) is 9.47 Å². The highest BCUT2D eigenvalue weighted by molar-refractivity contribution is 6.47. The summed E-state index contributed by atoms with van der Waals surface area (Å²) in [5.74, 6) is -1.46. The minimum absolute atomic E-state index is 0.200. The molecule has 0 bridgehead atoms. The Bertz CT molecular complexity index is 307. The molecule has 0 saturated heterocycles. The van der Waals surface area contributed by atoms with Crippen LogP contribution in [0.2, 0.25) is 9.10 Å². The molecule has 0 heterocycles. The predicted molar refractivity (Wildman–Crippen MR) is 67.9 cm³/mol. The van der Waals surface area contributed by atoms with E-state index < -0.39 is 32.3 Å². The highest BCUT2D eigenvalue weighted by atomic mass is 24.5. The van der Waals surface area contributed by atoms with Gasteiger partial charge >= 0.3 is 32.3 Å². The maximum absolute atomic E-state index is 11.4. The summed E-state index contributed by atoms with van der Waals surface area (Å²) in [5, 5.41) is 0. The zero-order valence-corrected chi connectivity index (χ0v) is 12.8. The SMILES string of the molecule is CCOC(=O)CC(=O)[CH2][Mg][CH2]C(=O)CC(=O)OCC. The number of hydrogen-bond acceptors (Lipinski definition) is 6. The summed E-state index contributed by atoms with van der Waals surface area (Å²) in [7, 11) is 0. The van der Waals surface area contributed by atoms with Crippen molar-refractivity contribution >= 4 is 43.9 Å². The molecular formula is C12H18MgO6. The minimum Gasteiger partial charge on any atom is -0.466 e. The lowest BCUT2D eigenvalue weighted by molar-refractivity contribution is -0.146. The van der Waals surface area contributed by atoms with E-state index in [9.17, 15) is 19.2 Å². The lowest BCUT2D eigenvalue weighted by Gasteiger charge is -2.01. The monoisotopic (exact) mass is 282 g/mol. The van der Waals surface area contributed by atoms with E-state index in [4.69, 9.17) is 0 Å². The van der Waals surface area contributed by atoms with Crippen LogP contribution in [0.25, 0.3) is 0 Å². The van der Waals surface area contributed by atoms with E-state index in [-0.39, 0.29) is 46.7 Å². The van der Waals surface area contributed by atoms with Crippen LogP contribution in [0.3, 0.4) is 0 Å². The van der Waals surface area contributed by atoms with Gasteiger partial charge in [-0.1, -0.05) is 9.10 Å². The van der Waals surface area contributed by atoms with Gasteiger partial charge in [0.2, 0.25) is 0 Å². The Hall–Kier alpha value is -0.954. The highest BCUT2D eigenvalue weighted by Crippen LogP contribution is 1.99. The van der Waals surface area contributed by atoms with Crippen molar-refractivity contribution in [2.45, 2.75) is 35.8 Å². The minimum atomic E-state index is -0.912. The first kappa shape index (κ1) is 18.0. The van der Waals surface area contributed by atoms with Gasteiger partial charge in [-0.15, -0.1) is 0 Å². The average molecular weight is 283 g/mol. The van der Waals surface area contributed by atoms with Crippen LogP contribution in [0.4, 0.5) is 0 Å². The lowest BCUT2D eigenvalue weighted by Crippen LogP contribution is -2.15. The normalized spacial score (nSPS) is 9.37. The number of carbonyl (C=O) groups excluding carboxylic acids is 4. The van der Waals surface area contributed by atoms with Crippen LogP contribution in [0.1, 0.15) is 26.7 Å². The third-order valence-corrected chi connectivity index (χ3v) is 4.03. The molecule has 0 aromatic carbocycles. The summed E-state index contributed by atoms with van der Waals surface area (Å²) in [6.45, 7) is 3.85. The Morgan fingerprint density at radius 2 is 1.16 bits per heavy atom. The number of hydrogen-bond donors (Lipinski definition) is 0. The Labute approximate surface area is 121 Å². The van der Waals surface area contributed by atoms with Crippen molar-refractivity contribution in [3.63, 3.8) is 0 Å². The number of ether oxygens (including phenoxy) is 2. The van der Waals surface area contributed by atoms with Crippen LogP contribution < -0.4 is 0 Å². The van der Waals surface area contributed by atoms with Crippen LogP contribution >= 0.6 is 0 Å². The molecule has 0 atom stereocenters. The van der Waals surface area contributed by atoms with E-state index in [0.717, 1.165) is 0 Å². The second-order valence-corrected chi connectivity index (χ2v) is 5.60. The first-order valence-corrected chi connectivity index (χ1v) is 8.34. The second-order valence-electron chi connectivity index (χ2n) is 3.89. The quantitative estimate of drug-likeness (QED) is 0.331. The van der Waals surface area contributed by atoms with E-state index in [1.165, 1.54) is 0 Å². The Kier molecular flexibility index (Phi) is 10.4. The van der Waals surface area contributed by atoms with Crippen molar-refractivity contribution in [3.8, 4) is 0 Å². The Morgan fingerprint density at radius 3 is 1.47 bits per heavy atom. The van der Waals surface area contributed by atoms with Crippen LogP contribution in [-0.4, -0.2) is 57.1 Å². The molecule has 0 amide bonds. The van der Waals surface area contributed by atoms with Crippen molar-refractivity contribution in [1.82, 2.24) is 0 Å². The third-order valence-electron chi connectivity index (χ3n) is 2.20. The topological polar surface area (TPSA) is 86.7 Å². The highest BCUT2D eigenvalue weighted by Gasteiger charge is 2.15. The molecule has 0 aliphatic carbocycles. The zero-order valence-electron chi connectivity index (χ0n) is 11.4. The van der Waals surface area contributed by atoms with Gasteiger partial charge in [-0.3, -0.25) is 9.59 Å². The fourth-order valence-corrected chi connectivity index (χ4v) is 2.72. The maximum atomic E-state index is 11.4. The van der Waals surface area contributed by atoms with Crippen molar-refractivity contribution < 1.29 is 28.7 Å². The summed E-state index contributed by atoms with van der Waals surface area (Å²) in [5.41, 5.74) is 0. The van der Waals surface area contributed by atoms with Crippen molar-refractivity contribution in [2.75, 3.05) is 13.2 Å². The molecule has 19 heavy (non-hydrogen) atoms. The largest absolute Gasteiger partial charge is 0.466 e. The smallest absolute Gasteiger partial charge is 0.386 e.